The Morgan fingerprint density at radius 2 is 2.29 bits per heavy atom. The van der Waals surface area contributed by atoms with Gasteiger partial charge in [-0.25, -0.2) is 0 Å². The SMILES string of the molecule is Cc1occc1C(=O)N1CCCC(C(N)=O)C1. The molecule has 1 fully saturated rings. The lowest BCUT2D eigenvalue weighted by atomic mass is 9.97. The van der Waals surface area contributed by atoms with E-state index in [0.29, 0.717) is 24.4 Å². The minimum Gasteiger partial charge on any atom is -0.469 e. The van der Waals surface area contributed by atoms with Gasteiger partial charge in [-0.2, -0.15) is 0 Å². The van der Waals surface area contributed by atoms with Crippen molar-refractivity contribution < 1.29 is 14.0 Å². The maximum Gasteiger partial charge on any atom is 0.257 e. The molecule has 2 N–H and O–H groups in total. The summed E-state index contributed by atoms with van der Waals surface area (Å²) in [7, 11) is 0. The zero-order valence-corrected chi connectivity index (χ0v) is 9.81. The van der Waals surface area contributed by atoms with E-state index in [1.807, 2.05) is 0 Å². The number of carbonyl (C=O) groups excluding carboxylic acids is 2. The normalized spacial score (nSPS) is 20.3. The summed E-state index contributed by atoms with van der Waals surface area (Å²) in [5.74, 6) is -0.0234. The standard InChI is InChI=1S/C12H16N2O3/c1-8-10(4-6-17-8)12(16)14-5-2-3-9(7-14)11(13)15/h4,6,9H,2-3,5,7H2,1H3,(H2,13,15). The number of piperidine rings is 1. The molecule has 1 unspecified atom stereocenters. The molecule has 5 heteroatoms. The van der Waals surface area contributed by atoms with E-state index in [9.17, 15) is 9.59 Å². The number of nitrogens with two attached hydrogens (primary N) is 1. The minimum absolute atomic E-state index is 0.0813. The molecule has 0 bridgehead atoms. The van der Waals surface area contributed by atoms with Crippen LogP contribution in [0.4, 0.5) is 0 Å². The van der Waals surface area contributed by atoms with Crippen LogP contribution < -0.4 is 5.73 Å². The molecule has 1 aliphatic rings. The van der Waals surface area contributed by atoms with Gasteiger partial charge in [0.1, 0.15) is 5.76 Å². The molecule has 92 valence electrons. The molecule has 17 heavy (non-hydrogen) atoms. The van der Waals surface area contributed by atoms with Crippen LogP contribution in [0.5, 0.6) is 0 Å². The van der Waals surface area contributed by atoms with Crippen LogP contribution in [0.2, 0.25) is 0 Å². The van der Waals surface area contributed by atoms with Gasteiger partial charge in [-0.05, 0) is 25.8 Å². The van der Waals surface area contributed by atoms with Gasteiger partial charge in [-0.3, -0.25) is 9.59 Å². The summed E-state index contributed by atoms with van der Waals surface area (Å²) >= 11 is 0. The van der Waals surface area contributed by atoms with Gasteiger partial charge in [0.15, 0.2) is 0 Å². The first-order valence-corrected chi connectivity index (χ1v) is 5.72. The van der Waals surface area contributed by atoms with E-state index in [2.05, 4.69) is 0 Å². The van der Waals surface area contributed by atoms with Gasteiger partial charge >= 0.3 is 0 Å². The van der Waals surface area contributed by atoms with Gasteiger partial charge < -0.3 is 15.1 Å². The Hall–Kier alpha value is -1.78. The molecule has 0 spiro atoms. The van der Waals surface area contributed by atoms with Crippen LogP contribution in [-0.2, 0) is 4.79 Å². The highest BCUT2D eigenvalue weighted by Gasteiger charge is 2.28. The predicted molar refractivity (Wildman–Crippen MR) is 61.3 cm³/mol. The van der Waals surface area contributed by atoms with Gasteiger partial charge in [0.25, 0.3) is 5.91 Å². The average molecular weight is 236 g/mol. The number of primary amides is 1. The van der Waals surface area contributed by atoms with E-state index in [1.54, 1.807) is 17.9 Å². The van der Waals surface area contributed by atoms with Crippen molar-refractivity contribution in [1.82, 2.24) is 4.90 Å². The topological polar surface area (TPSA) is 76.5 Å². The van der Waals surface area contributed by atoms with Gasteiger partial charge in [0, 0.05) is 13.1 Å². The molecule has 0 radical (unpaired) electrons. The number of likely N-dealkylation sites (tertiary alicyclic amines) is 1. The molecule has 1 saturated heterocycles. The van der Waals surface area contributed by atoms with Crippen molar-refractivity contribution in [1.29, 1.82) is 0 Å². The number of amides is 2. The quantitative estimate of drug-likeness (QED) is 0.829. The molecule has 2 rings (SSSR count). The maximum absolute atomic E-state index is 12.2. The molecule has 0 aliphatic carbocycles. The van der Waals surface area contributed by atoms with Crippen molar-refractivity contribution in [2.75, 3.05) is 13.1 Å². The Labute approximate surface area is 99.6 Å². The molecule has 1 atom stereocenters. The van der Waals surface area contributed by atoms with E-state index < -0.39 is 0 Å². The highest BCUT2D eigenvalue weighted by atomic mass is 16.3. The first kappa shape index (κ1) is 11.7. The predicted octanol–water partition coefficient (Wildman–Crippen LogP) is 0.926. The van der Waals surface area contributed by atoms with E-state index in [1.165, 1.54) is 6.26 Å². The lowest BCUT2D eigenvalue weighted by Gasteiger charge is -2.31. The average Bonchev–Trinajstić information content (AvgIpc) is 2.74. The molecular formula is C12H16N2O3. The second kappa shape index (κ2) is 4.61. The lowest BCUT2D eigenvalue weighted by Crippen LogP contribution is -2.44. The fourth-order valence-electron chi connectivity index (χ4n) is 2.17. The largest absolute Gasteiger partial charge is 0.469 e. The number of hydrogen-bond acceptors (Lipinski definition) is 3. The lowest BCUT2D eigenvalue weighted by molar-refractivity contribution is -0.123. The van der Waals surface area contributed by atoms with Crippen LogP contribution in [0.3, 0.4) is 0 Å². The van der Waals surface area contributed by atoms with Crippen LogP contribution in [0.1, 0.15) is 29.0 Å². The first-order chi connectivity index (χ1) is 8.09. The summed E-state index contributed by atoms with van der Waals surface area (Å²) in [4.78, 5) is 25.0. The van der Waals surface area contributed by atoms with Gasteiger partial charge in [0.05, 0.1) is 17.7 Å². The molecule has 1 aromatic rings. The third kappa shape index (κ3) is 2.33. The molecule has 5 nitrogen and oxygen atoms in total. The third-order valence-electron chi connectivity index (χ3n) is 3.20. The molecule has 1 aliphatic heterocycles. The summed E-state index contributed by atoms with van der Waals surface area (Å²) in [6.45, 7) is 2.84. The molecular weight excluding hydrogens is 220 g/mol. The summed E-state index contributed by atoms with van der Waals surface area (Å²) < 4.78 is 5.11. The Kier molecular flexibility index (Phi) is 3.17. The molecule has 2 heterocycles. The van der Waals surface area contributed by atoms with Gasteiger partial charge in [-0.15, -0.1) is 0 Å². The fraction of sp³-hybridized carbons (Fsp3) is 0.500. The van der Waals surface area contributed by atoms with E-state index in [0.717, 1.165) is 12.8 Å². The molecule has 2 amide bonds. The smallest absolute Gasteiger partial charge is 0.257 e. The van der Waals surface area contributed by atoms with Crippen molar-refractivity contribution in [2.24, 2.45) is 11.7 Å². The van der Waals surface area contributed by atoms with Gasteiger partial charge in [-0.1, -0.05) is 0 Å². The maximum atomic E-state index is 12.2. The van der Waals surface area contributed by atoms with Crippen LogP contribution >= 0.6 is 0 Å². The Balaban J connectivity index is 2.10. The Morgan fingerprint density at radius 1 is 1.53 bits per heavy atom. The van der Waals surface area contributed by atoms with E-state index in [-0.39, 0.29) is 17.7 Å². The van der Waals surface area contributed by atoms with E-state index >= 15 is 0 Å². The highest BCUT2D eigenvalue weighted by molar-refractivity contribution is 5.95. The molecule has 0 aromatic carbocycles. The number of aryl methyl sites for hydroxylation is 1. The zero-order valence-electron chi connectivity index (χ0n) is 9.81. The Bertz CT molecular complexity index is 439. The van der Waals surface area contributed by atoms with Crippen LogP contribution in [0, 0.1) is 12.8 Å². The number of rotatable bonds is 2. The van der Waals surface area contributed by atoms with E-state index in [4.69, 9.17) is 10.2 Å². The van der Waals surface area contributed by atoms with Crippen molar-refractivity contribution >= 4 is 11.8 Å². The minimum atomic E-state index is -0.327. The number of furan rings is 1. The van der Waals surface area contributed by atoms with Gasteiger partial charge in [0.2, 0.25) is 5.91 Å². The second-order valence-electron chi connectivity index (χ2n) is 4.38. The summed E-state index contributed by atoms with van der Waals surface area (Å²) in [5.41, 5.74) is 5.85. The summed E-state index contributed by atoms with van der Waals surface area (Å²) in [6, 6.07) is 1.66. The zero-order chi connectivity index (χ0) is 12.4. The Morgan fingerprint density at radius 3 is 2.88 bits per heavy atom. The molecule has 1 aromatic heterocycles. The van der Waals surface area contributed by atoms with Crippen molar-refractivity contribution in [3.05, 3.63) is 23.7 Å². The highest BCUT2D eigenvalue weighted by Crippen LogP contribution is 2.20. The molecule has 0 saturated carbocycles. The van der Waals surface area contributed by atoms with Crippen LogP contribution in [0.15, 0.2) is 16.7 Å². The van der Waals surface area contributed by atoms with Crippen LogP contribution in [0.25, 0.3) is 0 Å². The third-order valence-corrected chi connectivity index (χ3v) is 3.20. The number of nitrogens with zero attached hydrogens (tertiary/aromatic N) is 1. The summed E-state index contributed by atoms with van der Waals surface area (Å²) in [5, 5.41) is 0. The fourth-order valence-corrected chi connectivity index (χ4v) is 2.17. The van der Waals surface area contributed by atoms with Crippen molar-refractivity contribution in [3.8, 4) is 0 Å². The van der Waals surface area contributed by atoms with Crippen LogP contribution in [-0.4, -0.2) is 29.8 Å². The second-order valence-corrected chi connectivity index (χ2v) is 4.38. The number of carbonyl (C=O) groups is 2. The summed E-state index contributed by atoms with van der Waals surface area (Å²) in [6.07, 6.45) is 3.08. The van der Waals surface area contributed by atoms with Crippen molar-refractivity contribution in [3.63, 3.8) is 0 Å². The number of hydrogen-bond donors (Lipinski definition) is 1. The first-order valence-electron chi connectivity index (χ1n) is 5.72. The monoisotopic (exact) mass is 236 g/mol. The van der Waals surface area contributed by atoms with Crippen molar-refractivity contribution in [2.45, 2.75) is 19.8 Å².